The molecule has 0 aromatic carbocycles. The summed E-state index contributed by atoms with van der Waals surface area (Å²) in [5.41, 5.74) is 0. The zero-order chi connectivity index (χ0) is 10.4. The molecule has 1 unspecified atom stereocenters. The number of hydrogen-bond donors (Lipinski definition) is 2. The van der Waals surface area contributed by atoms with E-state index in [2.05, 4.69) is 15.5 Å². The van der Waals surface area contributed by atoms with Crippen molar-refractivity contribution in [2.24, 2.45) is 0 Å². The number of carbonyl (C=O) groups excluding carboxylic acids is 1. The minimum absolute atomic E-state index is 0.0642. The standard InChI is InChI=1S/C10H21N3O/c1-9(14)12-5-7-13-6-3-4-10(13)8-11-2/h10-11H,3-8H2,1-2H3,(H,12,14). The number of carbonyl (C=O) groups is 1. The van der Waals surface area contributed by atoms with Crippen molar-refractivity contribution in [3.05, 3.63) is 0 Å². The first-order valence-electron chi connectivity index (χ1n) is 5.37. The van der Waals surface area contributed by atoms with Gasteiger partial charge in [-0.1, -0.05) is 0 Å². The lowest BCUT2D eigenvalue weighted by molar-refractivity contribution is -0.119. The SMILES string of the molecule is CNCC1CCCN1CCNC(C)=O. The largest absolute Gasteiger partial charge is 0.355 e. The summed E-state index contributed by atoms with van der Waals surface area (Å²) in [4.78, 5) is 13.1. The summed E-state index contributed by atoms with van der Waals surface area (Å²) >= 11 is 0. The molecule has 1 heterocycles. The van der Waals surface area contributed by atoms with Gasteiger partial charge < -0.3 is 10.6 Å². The zero-order valence-corrected chi connectivity index (χ0v) is 9.18. The smallest absolute Gasteiger partial charge is 0.216 e. The Morgan fingerprint density at radius 3 is 3.00 bits per heavy atom. The molecule has 1 fully saturated rings. The van der Waals surface area contributed by atoms with Gasteiger partial charge in [0.25, 0.3) is 0 Å². The Labute approximate surface area is 86.0 Å². The van der Waals surface area contributed by atoms with E-state index in [0.29, 0.717) is 6.04 Å². The fourth-order valence-corrected chi connectivity index (χ4v) is 2.03. The van der Waals surface area contributed by atoms with Gasteiger partial charge in [0, 0.05) is 32.6 Å². The highest BCUT2D eigenvalue weighted by Crippen LogP contribution is 2.15. The third kappa shape index (κ3) is 3.64. The molecular weight excluding hydrogens is 178 g/mol. The van der Waals surface area contributed by atoms with Crippen molar-refractivity contribution in [2.75, 3.05) is 33.2 Å². The van der Waals surface area contributed by atoms with Crippen molar-refractivity contribution in [2.45, 2.75) is 25.8 Å². The fourth-order valence-electron chi connectivity index (χ4n) is 2.03. The van der Waals surface area contributed by atoms with Crippen molar-refractivity contribution in [1.82, 2.24) is 15.5 Å². The van der Waals surface area contributed by atoms with Crippen LogP contribution in [0.4, 0.5) is 0 Å². The molecule has 1 aliphatic heterocycles. The first-order valence-corrected chi connectivity index (χ1v) is 5.37. The van der Waals surface area contributed by atoms with Crippen LogP contribution in [0, 0.1) is 0 Å². The van der Waals surface area contributed by atoms with Crippen LogP contribution in [0.1, 0.15) is 19.8 Å². The van der Waals surface area contributed by atoms with Crippen LogP contribution in [0.3, 0.4) is 0 Å². The lowest BCUT2D eigenvalue weighted by atomic mass is 10.2. The molecule has 82 valence electrons. The maximum Gasteiger partial charge on any atom is 0.216 e. The summed E-state index contributed by atoms with van der Waals surface area (Å²) in [7, 11) is 1.99. The van der Waals surface area contributed by atoms with Crippen molar-refractivity contribution >= 4 is 5.91 Å². The fraction of sp³-hybridized carbons (Fsp3) is 0.900. The van der Waals surface area contributed by atoms with Crippen molar-refractivity contribution in [3.63, 3.8) is 0 Å². The van der Waals surface area contributed by atoms with Gasteiger partial charge in [-0.05, 0) is 26.4 Å². The van der Waals surface area contributed by atoms with Gasteiger partial charge in [0.15, 0.2) is 0 Å². The molecule has 1 aliphatic rings. The summed E-state index contributed by atoms with van der Waals surface area (Å²) in [5, 5.41) is 6.04. The first-order chi connectivity index (χ1) is 6.74. The normalized spacial score (nSPS) is 22.6. The van der Waals surface area contributed by atoms with Crippen molar-refractivity contribution in [3.8, 4) is 0 Å². The van der Waals surface area contributed by atoms with Crippen LogP contribution in [0.2, 0.25) is 0 Å². The topological polar surface area (TPSA) is 44.4 Å². The van der Waals surface area contributed by atoms with Gasteiger partial charge >= 0.3 is 0 Å². The predicted octanol–water partition coefficient (Wildman–Crippen LogP) is -0.194. The Morgan fingerprint density at radius 1 is 1.57 bits per heavy atom. The van der Waals surface area contributed by atoms with Crippen LogP contribution in [-0.4, -0.2) is 50.1 Å². The molecular formula is C10H21N3O. The average Bonchev–Trinajstić information content (AvgIpc) is 2.53. The Balaban J connectivity index is 2.18. The van der Waals surface area contributed by atoms with E-state index < -0.39 is 0 Å². The van der Waals surface area contributed by atoms with E-state index in [1.165, 1.54) is 19.4 Å². The van der Waals surface area contributed by atoms with Gasteiger partial charge in [0.2, 0.25) is 5.91 Å². The van der Waals surface area contributed by atoms with E-state index in [0.717, 1.165) is 19.6 Å². The maximum atomic E-state index is 10.7. The molecule has 4 heteroatoms. The third-order valence-corrected chi connectivity index (χ3v) is 2.71. The van der Waals surface area contributed by atoms with E-state index in [-0.39, 0.29) is 5.91 Å². The van der Waals surface area contributed by atoms with Crippen LogP contribution in [0.5, 0.6) is 0 Å². The number of rotatable bonds is 5. The molecule has 1 amide bonds. The lowest BCUT2D eigenvalue weighted by Crippen LogP contribution is -2.41. The lowest BCUT2D eigenvalue weighted by Gasteiger charge is -2.24. The molecule has 0 aromatic rings. The second kappa shape index (κ2) is 5.98. The molecule has 2 N–H and O–H groups in total. The van der Waals surface area contributed by atoms with E-state index in [1.807, 2.05) is 7.05 Å². The molecule has 0 spiro atoms. The Morgan fingerprint density at radius 2 is 2.36 bits per heavy atom. The Kier molecular flexibility index (Phi) is 4.90. The van der Waals surface area contributed by atoms with Gasteiger partial charge in [-0.3, -0.25) is 9.69 Å². The van der Waals surface area contributed by atoms with Crippen molar-refractivity contribution in [1.29, 1.82) is 0 Å². The summed E-state index contributed by atoms with van der Waals surface area (Å²) in [5.74, 6) is 0.0642. The van der Waals surface area contributed by atoms with Gasteiger partial charge in [-0.15, -0.1) is 0 Å². The van der Waals surface area contributed by atoms with Crippen LogP contribution in [-0.2, 0) is 4.79 Å². The number of nitrogens with one attached hydrogen (secondary N) is 2. The second-order valence-corrected chi connectivity index (χ2v) is 3.87. The number of likely N-dealkylation sites (tertiary alicyclic amines) is 1. The van der Waals surface area contributed by atoms with Crippen LogP contribution in [0.25, 0.3) is 0 Å². The molecule has 0 aromatic heterocycles. The van der Waals surface area contributed by atoms with Gasteiger partial charge in [0.05, 0.1) is 0 Å². The molecule has 4 nitrogen and oxygen atoms in total. The number of nitrogens with zero attached hydrogens (tertiary/aromatic N) is 1. The predicted molar refractivity (Wildman–Crippen MR) is 57.2 cm³/mol. The van der Waals surface area contributed by atoms with Crippen LogP contribution in [0.15, 0.2) is 0 Å². The monoisotopic (exact) mass is 199 g/mol. The third-order valence-electron chi connectivity index (χ3n) is 2.71. The van der Waals surface area contributed by atoms with Crippen molar-refractivity contribution < 1.29 is 4.79 Å². The molecule has 1 rings (SSSR count). The highest BCUT2D eigenvalue weighted by molar-refractivity contribution is 5.72. The van der Waals surface area contributed by atoms with Gasteiger partial charge in [-0.25, -0.2) is 0 Å². The Hall–Kier alpha value is -0.610. The molecule has 0 radical (unpaired) electrons. The number of hydrogen-bond acceptors (Lipinski definition) is 3. The van der Waals surface area contributed by atoms with E-state index >= 15 is 0 Å². The maximum absolute atomic E-state index is 10.7. The minimum atomic E-state index is 0.0642. The number of likely N-dealkylation sites (N-methyl/N-ethyl adjacent to an activating group) is 1. The molecule has 0 bridgehead atoms. The summed E-state index contributed by atoms with van der Waals surface area (Å²) in [6.45, 7) is 5.54. The number of amides is 1. The van der Waals surface area contributed by atoms with Gasteiger partial charge in [-0.2, -0.15) is 0 Å². The second-order valence-electron chi connectivity index (χ2n) is 3.87. The summed E-state index contributed by atoms with van der Waals surface area (Å²) in [6, 6.07) is 0.661. The molecule has 14 heavy (non-hydrogen) atoms. The quantitative estimate of drug-likeness (QED) is 0.645. The zero-order valence-electron chi connectivity index (χ0n) is 9.18. The van der Waals surface area contributed by atoms with Gasteiger partial charge in [0.1, 0.15) is 0 Å². The average molecular weight is 199 g/mol. The highest BCUT2D eigenvalue weighted by atomic mass is 16.1. The van der Waals surface area contributed by atoms with Crippen LogP contribution >= 0.6 is 0 Å². The molecule has 1 saturated heterocycles. The Bertz CT molecular complexity index is 184. The van der Waals surface area contributed by atoms with E-state index in [9.17, 15) is 4.79 Å². The molecule has 0 saturated carbocycles. The highest BCUT2D eigenvalue weighted by Gasteiger charge is 2.22. The molecule has 1 atom stereocenters. The van der Waals surface area contributed by atoms with E-state index in [4.69, 9.17) is 0 Å². The first kappa shape index (κ1) is 11.5. The van der Waals surface area contributed by atoms with Crippen LogP contribution < -0.4 is 10.6 Å². The summed E-state index contributed by atoms with van der Waals surface area (Å²) < 4.78 is 0. The summed E-state index contributed by atoms with van der Waals surface area (Å²) in [6.07, 6.45) is 2.56. The molecule has 0 aliphatic carbocycles. The minimum Gasteiger partial charge on any atom is -0.355 e. The van der Waals surface area contributed by atoms with E-state index in [1.54, 1.807) is 6.92 Å².